The molecule has 0 aliphatic heterocycles. The Kier molecular flexibility index (Phi) is 8.60. The van der Waals surface area contributed by atoms with Gasteiger partial charge >= 0.3 is 6.61 Å². The molecule has 0 atom stereocenters. The minimum atomic E-state index is -2.95. The van der Waals surface area contributed by atoms with E-state index in [4.69, 9.17) is 32.7 Å². The van der Waals surface area contributed by atoms with Crippen LogP contribution in [-0.4, -0.2) is 32.8 Å². The maximum atomic E-state index is 12.5. The van der Waals surface area contributed by atoms with E-state index >= 15 is 0 Å². The summed E-state index contributed by atoms with van der Waals surface area (Å²) in [5.74, 6) is 0.362. The predicted octanol–water partition coefficient (Wildman–Crippen LogP) is 4.73. The fourth-order valence-corrected chi connectivity index (χ4v) is 2.69. The molecular weight excluding hydrogens is 415 g/mol. The average Bonchev–Trinajstić information content (AvgIpc) is 2.65. The molecule has 2 rings (SSSR count). The highest BCUT2D eigenvalue weighted by Gasteiger charge is 2.12. The van der Waals surface area contributed by atoms with E-state index < -0.39 is 6.61 Å². The molecule has 5 nitrogen and oxygen atoms in total. The van der Waals surface area contributed by atoms with Gasteiger partial charge in [0.2, 0.25) is 5.91 Å². The van der Waals surface area contributed by atoms with Gasteiger partial charge in [-0.1, -0.05) is 35.3 Å². The maximum absolute atomic E-state index is 12.5. The number of benzene rings is 2. The van der Waals surface area contributed by atoms with Crippen LogP contribution < -0.4 is 19.5 Å². The number of methoxy groups -OCH3 is 1. The molecule has 0 bridgehead atoms. The van der Waals surface area contributed by atoms with Crippen LogP contribution in [0.1, 0.15) is 12.0 Å². The van der Waals surface area contributed by atoms with Gasteiger partial charge in [0.1, 0.15) is 10.8 Å². The van der Waals surface area contributed by atoms with Crippen LogP contribution in [0.2, 0.25) is 10.0 Å². The number of carbonyl (C=O) groups is 1. The fraction of sp³-hybridized carbons (Fsp3) is 0.316. The summed E-state index contributed by atoms with van der Waals surface area (Å²) in [4.78, 5) is 11.9. The van der Waals surface area contributed by atoms with Crippen molar-refractivity contribution in [1.82, 2.24) is 5.32 Å². The Bertz CT molecular complexity index is 805. The molecule has 0 fully saturated rings. The van der Waals surface area contributed by atoms with Crippen LogP contribution in [0, 0.1) is 0 Å². The molecule has 0 aliphatic rings. The van der Waals surface area contributed by atoms with Crippen molar-refractivity contribution >= 4 is 29.1 Å². The third kappa shape index (κ3) is 6.73. The number of ether oxygens (including phenoxy) is 3. The normalized spacial score (nSPS) is 10.6. The van der Waals surface area contributed by atoms with Crippen LogP contribution >= 0.6 is 23.2 Å². The number of nitrogens with one attached hydrogen (secondary N) is 1. The monoisotopic (exact) mass is 433 g/mol. The molecule has 0 spiro atoms. The highest BCUT2D eigenvalue weighted by molar-refractivity contribution is 6.42. The van der Waals surface area contributed by atoms with Crippen molar-refractivity contribution < 1.29 is 27.8 Å². The van der Waals surface area contributed by atoms with Crippen LogP contribution in [-0.2, 0) is 11.2 Å². The minimum Gasteiger partial charge on any atom is -0.493 e. The van der Waals surface area contributed by atoms with Crippen LogP contribution in [0.15, 0.2) is 36.4 Å². The van der Waals surface area contributed by atoms with Gasteiger partial charge in [0.25, 0.3) is 0 Å². The summed E-state index contributed by atoms with van der Waals surface area (Å²) in [5.41, 5.74) is 0.721. The summed E-state index contributed by atoms with van der Waals surface area (Å²) in [6.07, 6.45) is 0.571. The number of rotatable bonds is 10. The first-order valence-electron chi connectivity index (χ1n) is 8.36. The zero-order chi connectivity index (χ0) is 20.5. The maximum Gasteiger partial charge on any atom is 0.387 e. The van der Waals surface area contributed by atoms with Gasteiger partial charge in [-0.2, -0.15) is 8.78 Å². The molecule has 9 heteroatoms. The molecule has 0 radical (unpaired) electrons. The predicted molar refractivity (Wildman–Crippen MR) is 103 cm³/mol. The van der Waals surface area contributed by atoms with Gasteiger partial charge in [0.15, 0.2) is 11.5 Å². The molecule has 0 unspecified atom stereocenters. The first-order chi connectivity index (χ1) is 13.4. The molecule has 2 aromatic rings. The number of hydrogen-bond acceptors (Lipinski definition) is 4. The second-order valence-electron chi connectivity index (χ2n) is 5.61. The molecule has 0 aromatic heterocycles. The summed E-state index contributed by atoms with van der Waals surface area (Å²) < 4.78 is 39.8. The van der Waals surface area contributed by atoms with E-state index in [2.05, 4.69) is 10.1 Å². The summed E-state index contributed by atoms with van der Waals surface area (Å²) in [5, 5.41) is 3.40. The van der Waals surface area contributed by atoms with E-state index in [0.717, 1.165) is 5.56 Å². The molecule has 0 saturated carbocycles. The molecule has 0 aliphatic carbocycles. The number of amides is 1. The van der Waals surface area contributed by atoms with Gasteiger partial charge in [-0.25, -0.2) is 0 Å². The highest BCUT2D eigenvalue weighted by Crippen LogP contribution is 2.31. The van der Waals surface area contributed by atoms with E-state index in [1.807, 2.05) is 0 Å². The largest absolute Gasteiger partial charge is 0.493 e. The Labute approximate surface area is 171 Å². The first-order valence-corrected chi connectivity index (χ1v) is 9.11. The lowest BCUT2D eigenvalue weighted by molar-refractivity contribution is -0.121. The Hall–Kier alpha value is -2.25. The standard InChI is InChI=1S/C19H19Cl2F2NO4/c1-26-14-6-5-12(11-16(14)28-19(22)23)7-9-24-17(25)8-10-27-15-4-2-3-13(20)18(15)21/h2-6,11,19H,7-10H2,1H3,(H,24,25). The molecule has 1 N–H and O–H groups in total. The number of hydrogen-bond donors (Lipinski definition) is 1. The van der Waals surface area contributed by atoms with Crippen LogP contribution in [0.5, 0.6) is 17.2 Å². The van der Waals surface area contributed by atoms with Gasteiger partial charge in [-0.05, 0) is 36.2 Å². The van der Waals surface area contributed by atoms with E-state index in [1.165, 1.54) is 19.2 Å². The summed E-state index contributed by atoms with van der Waals surface area (Å²) in [7, 11) is 1.37. The van der Waals surface area contributed by atoms with Crippen molar-refractivity contribution in [3.63, 3.8) is 0 Å². The van der Waals surface area contributed by atoms with E-state index in [9.17, 15) is 13.6 Å². The van der Waals surface area contributed by atoms with E-state index in [-0.39, 0.29) is 30.4 Å². The average molecular weight is 434 g/mol. The SMILES string of the molecule is COc1ccc(CCNC(=O)CCOc2cccc(Cl)c2Cl)cc1OC(F)F. The number of alkyl halides is 2. The second kappa shape index (κ2) is 10.9. The Morgan fingerprint density at radius 2 is 1.93 bits per heavy atom. The molecule has 152 valence electrons. The quantitative estimate of drug-likeness (QED) is 0.588. The Balaban J connectivity index is 1.76. The number of halogens is 4. The molecule has 0 saturated heterocycles. The zero-order valence-electron chi connectivity index (χ0n) is 15.0. The van der Waals surface area contributed by atoms with E-state index in [1.54, 1.807) is 24.3 Å². The summed E-state index contributed by atoms with van der Waals surface area (Å²) >= 11 is 11.9. The van der Waals surface area contributed by atoms with Crippen molar-refractivity contribution in [3.05, 3.63) is 52.0 Å². The van der Waals surface area contributed by atoms with Gasteiger partial charge in [-0.15, -0.1) is 0 Å². The fourth-order valence-electron chi connectivity index (χ4n) is 2.35. The smallest absolute Gasteiger partial charge is 0.387 e. The minimum absolute atomic E-state index is 0.0480. The van der Waals surface area contributed by atoms with Crippen LogP contribution in [0.4, 0.5) is 8.78 Å². The Morgan fingerprint density at radius 1 is 1.14 bits per heavy atom. The topological polar surface area (TPSA) is 56.8 Å². The van der Waals surface area contributed by atoms with Crippen molar-refractivity contribution in [3.8, 4) is 17.2 Å². The van der Waals surface area contributed by atoms with Gasteiger partial charge in [-0.3, -0.25) is 4.79 Å². The second-order valence-corrected chi connectivity index (χ2v) is 6.40. The lowest BCUT2D eigenvalue weighted by Gasteiger charge is -2.12. The van der Waals surface area contributed by atoms with Crippen molar-refractivity contribution in [2.75, 3.05) is 20.3 Å². The van der Waals surface area contributed by atoms with Crippen molar-refractivity contribution in [1.29, 1.82) is 0 Å². The van der Waals surface area contributed by atoms with Gasteiger partial charge in [0, 0.05) is 6.54 Å². The zero-order valence-corrected chi connectivity index (χ0v) is 16.5. The van der Waals surface area contributed by atoms with Gasteiger partial charge < -0.3 is 19.5 Å². The third-order valence-corrected chi connectivity index (χ3v) is 4.48. The lowest BCUT2D eigenvalue weighted by atomic mass is 10.1. The first kappa shape index (κ1) is 22.0. The number of carbonyl (C=O) groups excluding carboxylic acids is 1. The van der Waals surface area contributed by atoms with Crippen molar-refractivity contribution in [2.24, 2.45) is 0 Å². The van der Waals surface area contributed by atoms with Crippen LogP contribution in [0.25, 0.3) is 0 Å². The highest BCUT2D eigenvalue weighted by atomic mass is 35.5. The molecule has 28 heavy (non-hydrogen) atoms. The van der Waals surface area contributed by atoms with Gasteiger partial charge in [0.05, 0.1) is 25.2 Å². The molecular formula is C19H19Cl2F2NO4. The molecule has 2 aromatic carbocycles. The lowest BCUT2D eigenvalue weighted by Crippen LogP contribution is -2.27. The Morgan fingerprint density at radius 3 is 2.64 bits per heavy atom. The summed E-state index contributed by atoms with van der Waals surface area (Å²) in [6.45, 7) is -2.48. The molecule has 0 heterocycles. The third-order valence-electron chi connectivity index (χ3n) is 3.68. The summed E-state index contributed by atoms with van der Waals surface area (Å²) in [6, 6.07) is 9.71. The van der Waals surface area contributed by atoms with Crippen LogP contribution in [0.3, 0.4) is 0 Å². The van der Waals surface area contributed by atoms with E-state index in [0.29, 0.717) is 28.8 Å². The van der Waals surface area contributed by atoms with Crippen molar-refractivity contribution in [2.45, 2.75) is 19.5 Å². The molecule has 1 amide bonds.